The van der Waals surface area contributed by atoms with Gasteiger partial charge in [-0.05, 0) is 123 Å². The van der Waals surface area contributed by atoms with Gasteiger partial charge in [0.2, 0.25) is 5.91 Å². The minimum atomic E-state index is -4.49. The summed E-state index contributed by atoms with van der Waals surface area (Å²) in [5.41, 5.74) is 9.33. The van der Waals surface area contributed by atoms with Crippen molar-refractivity contribution in [3.8, 4) is 0 Å². The number of aromatic nitrogens is 3. The number of hydrogen-bond donors (Lipinski definition) is 7. The van der Waals surface area contributed by atoms with E-state index in [2.05, 4.69) is 24.8 Å². The fraction of sp³-hybridized carbons (Fsp3) is 0.364. The highest BCUT2D eigenvalue weighted by Crippen LogP contribution is 2.40. The van der Waals surface area contributed by atoms with Crippen LogP contribution in [0, 0.1) is 0 Å². The van der Waals surface area contributed by atoms with Gasteiger partial charge in [-0.25, -0.2) is 4.57 Å². The van der Waals surface area contributed by atoms with E-state index in [1.807, 2.05) is 54.6 Å². The van der Waals surface area contributed by atoms with Gasteiger partial charge in [0.15, 0.2) is 0 Å². The number of rotatable bonds is 15. The van der Waals surface area contributed by atoms with Crippen LogP contribution in [0.2, 0.25) is 0 Å². The summed E-state index contributed by atoms with van der Waals surface area (Å²) in [7, 11) is -4.49. The lowest BCUT2D eigenvalue weighted by Crippen LogP contribution is -2.29. The molecule has 6 heterocycles. The van der Waals surface area contributed by atoms with E-state index in [1.165, 1.54) is 0 Å². The molecule has 0 bridgehead atoms. The van der Waals surface area contributed by atoms with Crippen molar-refractivity contribution in [3.05, 3.63) is 88.4 Å². The number of hydrogen-bond acceptors (Lipinski definition) is 7. The molecule has 16 nitrogen and oxygen atoms in total. The van der Waals surface area contributed by atoms with Crippen molar-refractivity contribution in [2.75, 3.05) is 54.1 Å². The fourth-order valence-corrected chi connectivity index (χ4v) is 9.61. The molecule has 3 aromatic carbocycles. The van der Waals surface area contributed by atoms with Crippen LogP contribution >= 0.6 is 7.82 Å². The molecule has 0 atom stereocenters. The number of benzene rings is 3. The fourth-order valence-electron chi connectivity index (χ4n) is 9.25. The summed E-state index contributed by atoms with van der Waals surface area (Å²) in [5.74, 6) is -0.511. The highest BCUT2D eigenvalue weighted by molar-refractivity contribution is 7.46. The Morgan fingerprint density at radius 2 is 1.10 bits per heavy atom. The molecule has 0 saturated heterocycles. The van der Waals surface area contributed by atoms with Crippen LogP contribution < -0.4 is 20.0 Å². The standard InChI is InChI=1S/C44H48N7O9P/c52-21-5-2-4-17-45-42(54)35-23-29-27-15-19-50(39(27)12-9-32(29)46-35)44(56)37-25-31-28-16-20-51(40(28)13-10-34(31)48-37)43(55)36-24-30-26-14-18-49(38(26)11-8-33(30)47-36)41(53)7-3-1-6-22-60-61(57,58)59/h8-13,23-25,46-48,52H,1-7,14-22H2,(H,45,54)(H2,57,58,59). The smallest absolute Gasteiger partial charge is 0.396 e. The first-order valence-corrected chi connectivity index (χ1v) is 22.5. The Kier molecular flexibility index (Phi) is 11.1. The van der Waals surface area contributed by atoms with E-state index in [-0.39, 0.29) is 36.8 Å². The van der Waals surface area contributed by atoms with E-state index in [0.717, 1.165) is 79.3 Å². The van der Waals surface area contributed by atoms with Crippen molar-refractivity contribution in [1.82, 2.24) is 20.3 Å². The molecule has 0 unspecified atom stereocenters. The van der Waals surface area contributed by atoms with Crippen LogP contribution in [0.1, 0.15) is 93.1 Å². The number of carbonyl (C=O) groups excluding carboxylic acids is 4. The molecular formula is C44H48N7O9P. The first kappa shape index (κ1) is 40.6. The van der Waals surface area contributed by atoms with Gasteiger partial charge in [0.25, 0.3) is 17.7 Å². The SMILES string of the molecule is O=C(NCCCCCO)c1cc2c3c(ccc2[nH]1)N(C(=O)c1cc2c4c(ccc2[nH]1)N(C(=O)c1cc2c5c(ccc2[nH]1)N(C(=O)CCCCCOP(=O)(O)O)CC5)CC4)CC3. The minimum Gasteiger partial charge on any atom is -0.396 e. The summed E-state index contributed by atoms with van der Waals surface area (Å²) < 4.78 is 15.4. The van der Waals surface area contributed by atoms with Crippen molar-refractivity contribution in [2.24, 2.45) is 0 Å². The van der Waals surface area contributed by atoms with Crippen LogP contribution in [0.4, 0.5) is 17.1 Å². The molecule has 9 rings (SSSR count). The van der Waals surface area contributed by atoms with Crippen molar-refractivity contribution < 1.29 is 43.2 Å². The molecule has 7 N–H and O–H groups in total. The van der Waals surface area contributed by atoms with E-state index >= 15 is 0 Å². The van der Waals surface area contributed by atoms with Crippen LogP contribution in [0.3, 0.4) is 0 Å². The molecular weight excluding hydrogens is 801 g/mol. The number of anilines is 3. The molecule has 0 saturated carbocycles. The molecule has 6 aromatic rings. The molecule has 318 valence electrons. The van der Waals surface area contributed by atoms with Crippen LogP contribution in [0.25, 0.3) is 32.7 Å². The molecule has 0 aliphatic carbocycles. The monoisotopic (exact) mass is 849 g/mol. The van der Waals surface area contributed by atoms with Gasteiger partial charge in [-0.3, -0.25) is 23.7 Å². The number of H-pyrrole nitrogens is 3. The highest BCUT2D eigenvalue weighted by Gasteiger charge is 2.33. The summed E-state index contributed by atoms with van der Waals surface area (Å²) in [4.78, 5) is 87.1. The van der Waals surface area contributed by atoms with Crippen molar-refractivity contribution in [1.29, 1.82) is 0 Å². The molecule has 0 spiro atoms. The second kappa shape index (κ2) is 16.6. The van der Waals surface area contributed by atoms with Gasteiger partial charge >= 0.3 is 7.82 Å². The summed E-state index contributed by atoms with van der Waals surface area (Å²) >= 11 is 0. The minimum absolute atomic E-state index is 0.0159. The largest absolute Gasteiger partial charge is 0.469 e. The Bertz CT molecular complexity index is 2770. The number of aliphatic hydroxyl groups is 1. The Morgan fingerprint density at radius 1 is 0.623 bits per heavy atom. The maximum atomic E-state index is 14.1. The predicted molar refractivity (Wildman–Crippen MR) is 231 cm³/mol. The Morgan fingerprint density at radius 3 is 1.62 bits per heavy atom. The van der Waals surface area contributed by atoms with Gasteiger partial charge in [0.1, 0.15) is 17.1 Å². The molecule has 4 amide bonds. The van der Waals surface area contributed by atoms with Gasteiger partial charge in [0.05, 0.1) is 6.61 Å². The zero-order valence-electron chi connectivity index (χ0n) is 33.6. The van der Waals surface area contributed by atoms with Crippen molar-refractivity contribution in [3.63, 3.8) is 0 Å². The second-order valence-corrected chi connectivity index (χ2v) is 17.2. The number of amides is 4. The number of fused-ring (bicyclic) bond motifs is 9. The van der Waals surface area contributed by atoms with E-state index < -0.39 is 7.82 Å². The normalized spacial score (nSPS) is 14.7. The Labute approximate surface area is 350 Å². The topological polar surface area (TPSA) is 224 Å². The van der Waals surface area contributed by atoms with Crippen molar-refractivity contribution in [2.45, 2.75) is 64.2 Å². The number of unbranched alkanes of at least 4 members (excludes halogenated alkanes) is 4. The Balaban J connectivity index is 0.875. The Hall–Kier alpha value is -5.77. The number of aromatic amines is 3. The summed E-state index contributed by atoms with van der Waals surface area (Å²) in [5, 5.41) is 14.7. The average Bonchev–Trinajstić information content (AvgIpc) is 4.10. The summed E-state index contributed by atoms with van der Waals surface area (Å²) in [6.45, 7) is 2.14. The molecule has 0 radical (unpaired) electrons. The zero-order valence-corrected chi connectivity index (χ0v) is 34.5. The maximum absolute atomic E-state index is 14.1. The third-order valence-corrected chi connectivity index (χ3v) is 12.7. The molecule has 3 aromatic heterocycles. The summed E-state index contributed by atoms with van der Waals surface area (Å²) in [6, 6.07) is 17.1. The van der Waals surface area contributed by atoms with Crippen LogP contribution in [-0.2, 0) is 33.1 Å². The van der Waals surface area contributed by atoms with E-state index in [1.54, 1.807) is 14.7 Å². The number of nitrogens with zero attached hydrogens (tertiary/aromatic N) is 3. The highest BCUT2D eigenvalue weighted by atomic mass is 31.2. The molecule has 17 heteroatoms. The number of nitrogens with one attached hydrogen (secondary N) is 4. The quantitative estimate of drug-likeness (QED) is 0.0476. The lowest BCUT2D eigenvalue weighted by Gasteiger charge is -2.17. The van der Waals surface area contributed by atoms with Gasteiger partial charge < -0.3 is 49.9 Å². The second-order valence-electron chi connectivity index (χ2n) is 16.0. The van der Waals surface area contributed by atoms with E-state index in [9.17, 15) is 23.7 Å². The lowest BCUT2D eigenvalue weighted by molar-refractivity contribution is -0.118. The molecule has 3 aliphatic rings. The van der Waals surface area contributed by atoms with Gasteiger partial charge in [-0.2, -0.15) is 0 Å². The lowest BCUT2D eigenvalue weighted by atomic mass is 10.1. The van der Waals surface area contributed by atoms with Gasteiger partial charge in [-0.1, -0.05) is 6.42 Å². The molecule has 0 fully saturated rings. The first-order chi connectivity index (χ1) is 29.5. The number of phosphoric acid groups is 1. The zero-order chi connectivity index (χ0) is 42.4. The van der Waals surface area contributed by atoms with Crippen LogP contribution in [0.15, 0.2) is 54.6 Å². The maximum Gasteiger partial charge on any atom is 0.469 e. The van der Waals surface area contributed by atoms with Gasteiger partial charge in [0, 0.05) is 89.0 Å². The third kappa shape index (κ3) is 7.86. The van der Waals surface area contributed by atoms with E-state index in [4.69, 9.17) is 14.9 Å². The molecule has 61 heavy (non-hydrogen) atoms. The molecule has 3 aliphatic heterocycles. The third-order valence-electron chi connectivity index (χ3n) is 12.2. The van der Waals surface area contributed by atoms with E-state index in [0.29, 0.717) is 94.6 Å². The number of phosphoric ester groups is 1. The van der Waals surface area contributed by atoms with Gasteiger partial charge in [-0.15, -0.1) is 0 Å². The predicted octanol–water partition coefficient (Wildman–Crippen LogP) is 5.99. The summed E-state index contributed by atoms with van der Waals surface area (Å²) in [6.07, 6.45) is 6.23. The average molecular weight is 850 g/mol. The van der Waals surface area contributed by atoms with Crippen molar-refractivity contribution >= 4 is 81.2 Å². The first-order valence-electron chi connectivity index (χ1n) is 21.0. The van der Waals surface area contributed by atoms with Crippen LogP contribution in [-0.4, -0.2) is 92.9 Å². The van der Waals surface area contributed by atoms with Crippen LogP contribution in [0.5, 0.6) is 0 Å². The number of aliphatic hydroxyl groups excluding tert-OH is 1. The number of carbonyl (C=O) groups is 4.